The van der Waals surface area contributed by atoms with E-state index in [0.29, 0.717) is 12.1 Å². The Labute approximate surface area is 104 Å². The van der Waals surface area contributed by atoms with Gasteiger partial charge in [0.15, 0.2) is 0 Å². The maximum Gasteiger partial charge on any atom is 0.297 e. The number of hydrogen-bond acceptors (Lipinski definition) is 4. The van der Waals surface area contributed by atoms with Gasteiger partial charge in [-0.05, 0) is 12.8 Å². The van der Waals surface area contributed by atoms with Crippen molar-refractivity contribution in [3.8, 4) is 0 Å². The lowest BCUT2D eigenvalue weighted by Crippen LogP contribution is -2.22. The molecule has 17 heavy (non-hydrogen) atoms. The third-order valence-corrected chi connectivity index (χ3v) is 2.46. The molecule has 1 aromatic rings. The molecule has 0 bridgehead atoms. The van der Waals surface area contributed by atoms with Crippen LogP contribution in [-0.4, -0.2) is 24.6 Å². The summed E-state index contributed by atoms with van der Waals surface area (Å²) in [6, 6.07) is 1.15. The molecule has 1 aromatic heterocycles. The Kier molecular flexibility index (Phi) is 5.77. The Balaban J connectivity index is 2.40. The lowest BCUT2D eigenvalue weighted by atomic mass is 10.3. The first-order chi connectivity index (χ1) is 8.13. The van der Waals surface area contributed by atoms with E-state index >= 15 is 0 Å². The van der Waals surface area contributed by atoms with Crippen LogP contribution in [0.25, 0.3) is 0 Å². The predicted molar refractivity (Wildman–Crippen MR) is 71.2 cm³/mol. The molecule has 1 heterocycles. The molecule has 0 aliphatic heterocycles. The number of hydrogen-bond donors (Lipinski definition) is 1. The van der Waals surface area contributed by atoms with E-state index in [2.05, 4.69) is 30.7 Å². The first-order valence-corrected chi connectivity index (χ1v) is 6.13. The molecule has 0 aromatic carbocycles. The zero-order valence-corrected chi connectivity index (χ0v) is 11.1. The predicted octanol–water partition coefficient (Wildman–Crippen LogP) is 2.58. The molecule has 1 N–H and O–H groups in total. The van der Waals surface area contributed by atoms with Gasteiger partial charge in [-0.1, -0.05) is 19.9 Å². The van der Waals surface area contributed by atoms with Crippen LogP contribution in [0.2, 0.25) is 0 Å². The van der Waals surface area contributed by atoms with Crippen molar-refractivity contribution in [2.45, 2.75) is 39.3 Å². The van der Waals surface area contributed by atoms with Crippen molar-refractivity contribution in [2.24, 2.45) is 0 Å². The summed E-state index contributed by atoms with van der Waals surface area (Å²) in [6.45, 7) is 9.62. The van der Waals surface area contributed by atoms with E-state index in [0.717, 1.165) is 31.6 Å². The molecule has 0 spiro atoms. The van der Waals surface area contributed by atoms with Crippen molar-refractivity contribution in [1.82, 2.24) is 10.3 Å². The van der Waals surface area contributed by atoms with Gasteiger partial charge in [-0.3, -0.25) is 0 Å². The quantitative estimate of drug-likeness (QED) is 0.557. The van der Waals surface area contributed by atoms with Gasteiger partial charge in [0.1, 0.15) is 6.26 Å². The average Bonchev–Trinajstić information content (AvgIpc) is 2.75. The number of rotatable bonds is 8. The van der Waals surface area contributed by atoms with Crippen molar-refractivity contribution >= 4 is 6.01 Å². The van der Waals surface area contributed by atoms with Gasteiger partial charge < -0.3 is 14.6 Å². The maximum absolute atomic E-state index is 5.44. The van der Waals surface area contributed by atoms with Gasteiger partial charge in [-0.25, -0.2) is 0 Å². The molecule has 0 saturated heterocycles. The summed E-state index contributed by atoms with van der Waals surface area (Å²) >= 11 is 0. The van der Waals surface area contributed by atoms with Crippen LogP contribution >= 0.6 is 0 Å². The van der Waals surface area contributed by atoms with Gasteiger partial charge in [-0.15, -0.1) is 6.58 Å². The Morgan fingerprint density at radius 2 is 2.35 bits per heavy atom. The first-order valence-electron chi connectivity index (χ1n) is 6.13. The number of nitrogens with zero attached hydrogens (tertiary/aromatic N) is 2. The molecular formula is C13H23N3O. The molecule has 4 nitrogen and oxygen atoms in total. The summed E-state index contributed by atoms with van der Waals surface area (Å²) in [4.78, 5) is 6.46. The lowest BCUT2D eigenvalue weighted by Gasteiger charge is -2.13. The maximum atomic E-state index is 5.44. The fourth-order valence-electron chi connectivity index (χ4n) is 1.43. The highest BCUT2D eigenvalue weighted by Gasteiger charge is 2.08. The first kappa shape index (κ1) is 13.8. The molecule has 4 heteroatoms. The number of aromatic nitrogens is 1. The molecule has 96 valence electrons. The molecule has 0 unspecified atom stereocenters. The van der Waals surface area contributed by atoms with Crippen LogP contribution in [0.1, 0.15) is 32.4 Å². The van der Waals surface area contributed by atoms with Crippen molar-refractivity contribution in [2.75, 3.05) is 18.5 Å². The highest BCUT2D eigenvalue weighted by Crippen LogP contribution is 2.12. The number of nitrogens with one attached hydrogen (secondary N) is 1. The van der Waals surface area contributed by atoms with Gasteiger partial charge in [-0.2, -0.15) is 4.98 Å². The molecule has 0 saturated carbocycles. The fourth-order valence-corrected chi connectivity index (χ4v) is 1.43. The van der Waals surface area contributed by atoms with Crippen molar-refractivity contribution < 1.29 is 4.42 Å². The molecule has 0 aliphatic carbocycles. The zero-order chi connectivity index (χ0) is 12.7. The van der Waals surface area contributed by atoms with Crippen LogP contribution in [0, 0.1) is 0 Å². The van der Waals surface area contributed by atoms with Crippen LogP contribution in [0.5, 0.6) is 0 Å². The van der Waals surface area contributed by atoms with Crippen LogP contribution in [0.4, 0.5) is 6.01 Å². The van der Waals surface area contributed by atoms with E-state index in [1.165, 1.54) is 0 Å². The largest absolute Gasteiger partial charge is 0.432 e. The van der Waals surface area contributed by atoms with Crippen LogP contribution in [0.15, 0.2) is 23.3 Å². The highest BCUT2D eigenvalue weighted by atomic mass is 16.4. The number of unbranched alkanes of at least 4 members (excludes halogenated alkanes) is 1. The summed E-state index contributed by atoms with van der Waals surface area (Å²) < 4.78 is 5.44. The monoisotopic (exact) mass is 237 g/mol. The van der Waals surface area contributed by atoms with Crippen molar-refractivity contribution in [3.05, 3.63) is 24.6 Å². The third kappa shape index (κ3) is 5.04. The van der Waals surface area contributed by atoms with E-state index < -0.39 is 0 Å². The van der Waals surface area contributed by atoms with E-state index in [1.807, 2.05) is 18.0 Å². The average molecular weight is 237 g/mol. The van der Waals surface area contributed by atoms with Crippen LogP contribution in [-0.2, 0) is 6.54 Å². The Morgan fingerprint density at radius 3 is 3.00 bits per heavy atom. The normalized spacial score (nSPS) is 10.8. The SMILES string of the molecule is C=CCCCN(C)c1nc(CNC(C)C)co1. The third-order valence-electron chi connectivity index (χ3n) is 2.46. The molecule has 0 atom stereocenters. The van der Waals surface area contributed by atoms with Gasteiger partial charge >= 0.3 is 0 Å². The minimum Gasteiger partial charge on any atom is -0.432 e. The lowest BCUT2D eigenvalue weighted by molar-refractivity contribution is 0.538. The minimum atomic E-state index is 0.459. The number of allylic oxidation sites excluding steroid dienone is 1. The zero-order valence-electron chi connectivity index (χ0n) is 11.1. The molecule has 0 aliphatic rings. The standard InChI is InChI=1S/C13H23N3O/c1-5-6-7-8-16(4)13-15-12(10-17-13)9-14-11(2)3/h5,10-11,14H,1,6-9H2,2-4H3. The van der Waals surface area contributed by atoms with Crippen molar-refractivity contribution in [3.63, 3.8) is 0 Å². The highest BCUT2D eigenvalue weighted by molar-refractivity contribution is 5.25. The van der Waals surface area contributed by atoms with Gasteiger partial charge in [0, 0.05) is 26.2 Å². The summed E-state index contributed by atoms with van der Waals surface area (Å²) in [6.07, 6.45) is 5.74. The molecular weight excluding hydrogens is 214 g/mol. The van der Waals surface area contributed by atoms with Gasteiger partial charge in [0.2, 0.25) is 0 Å². The van der Waals surface area contributed by atoms with Crippen LogP contribution < -0.4 is 10.2 Å². The Hall–Kier alpha value is -1.29. The van der Waals surface area contributed by atoms with Crippen molar-refractivity contribution in [1.29, 1.82) is 0 Å². The number of oxazole rings is 1. The molecule has 1 rings (SSSR count). The minimum absolute atomic E-state index is 0.459. The van der Waals surface area contributed by atoms with E-state index in [4.69, 9.17) is 4.42 Å². The fraction of sp³-hybridized carbons (Fsp3) is 0.615. The summed E-state index contributed by atoms with van der Waals surface area (Å²) in [5, 5.41) is 3.31. The van der Waals surface area contributed by atoms with Gasteiger partial charge in [0.25, 0.3) is 6.01 Å². The van der Waals surface area contributed by atoms with E-state index in [-0.39, 0.29) is 0 Å². The second-order valence-electron chi connectivity index (χ2n) is 4.51. The summed E-state index contributed by atoms with van der Waals surface area (Å²) in [5.41, 5.74) is 0.948. The summed E-state index contributed by atoms with van der Waals surface area (Å²) in [5.74, 6) is 0. The molecule has 0 radical (unpaired) electrons. The topological polar surface area (TPSA) is 41.3 Å². The molecule has 0 amide bonds. The molecule has 0 fully saturated rings. The summed E-state index contributed by atoms with van der Waals surface area (Å²) in [7, 11) is 1.99. The van der Waals surface area contributed by atoms with Gasteiger partial charge in [0.05, 0.1) is 5.69 Å². The van der Waals surface area contributed by atoms with Crippen LogP contribution in [0.3, 0.4) is 0 Å². The Bertz CT molecular complexity index is 333. The smallest absolute Gasteiger partial charge is 0.297 e. The van der Waals surface area contributed by atoms with E-state index in [1.54, 1.807) is 6.26 Å². The van der Waals surface area contributed by atoms with E-state index in [9.17, 15) is 0 Å². The number of anilines is 1. The second kappa shape index (κ2) is 7.12. The Morgan fingerprint density at radius 1 is 1.59 bits per heavy atom. The second-order valence-corrected chi connectivity index (χ2v) is 4.51.